The lowest BCUT2D eigenvalue weighted by Crippen LogP contribution is -2.30. The molecule has 0 radical (unpaired) electrons. The molecular formula is C23H25N3O2. The summed E-state index contributed by atoms with van der Waals surface area (Å²) in [5.41, 5.74) is 2.89. The molecule has 0 amide bonds. The Labute approximate surface area is 164 Å². The van der Waals surface area contributed by atoms with Crippen LogP contribution in [0.5, 0.6) is 11.5 Å². The molecule has 0 atom stereocenters. The number of nitrogens with zero attached hydrogens (tertiary/aromatic N) is 2. The van der Waals surface area contributed by atoms with E-state index in [1.807, 2.05) is 24.3 Å². The van der Waals surface area contributed by atoms with Gasteiger partial charge in [-0.05, 0) is 81.6 Å². The van der Waals surface area contributed by atoms with Crippen LogP contribution in [0.1, 0.15) is 37.7 Å². The summed E-state index contributed by atoms with van der Waals surface area (Å²) < 4.78 is 6.07. The summed E-state index contributed by atoms with van der Waals surface area (Å²) in [7, 11) is 0. The highest BCUT2D eigenvalue weighted by Gasteiger charge is 2.22. The molecule has 0 bridgehead atoms. The van der Waals surface area contributed by atoms with E-state index in [1.165, 1.54) is 57.3 Å². The standard InChI is InChI=1S/C23H25N3O2/c27-23-17-8-6-9-20-21(17)22(24-25-23)18-15-16(10-11-19(18)28-20)7-2-5-14-26-12-3-1-4-13-26/h6,8-11,15H,1-5,7,12-14H2,(H,25,27). The maximum absolute atomic E-state index is 12.1. The summed E-state index contributed by atoms with van der Waals surface area (Å²) in [6.07, 6.45) is 7.57. The number of fused-ring (bicyclic) bond motifs is 2. The van der Waals surface area contributed by atoms with Gasteiger partial charge in [0.25, 0.3) is 5.56 Å². The summed E-state index contributed by atoms with van der Waals surface area (Å²) in [6, 6.07) is 11.9. The second-order valence-corrected chi connectivity index (χ2v) is 7.87. The number of aryl methyl sites for hydroxylation is 1. The summed E-state index contributed by atoms with van der Waals surface area (Å²) in [5, 5.41) is 8.42. The lowest BCUT2D eigenvalue weighted by atomic mass is 9.97. The molecule has 3 heterocycles. The number of aromatic amines is 1. The average Bonchev–Trinajstić information content (AvgIpc) is 2.74. The second kappa shape index (κ2) is 7.40. The van der Waals surface area contributed by atoms with Gasteiger partial charge in [-0.1, -0.05) is 18.6 Å². The first-order valence-electron chi connectivity index (χ1n) is 10.3. The van der Waals surface area contributed by atoms with Crippen molar-refractivity contribution in [3.63, 3.8) is 0 Å². The highest BCUT2D eigenvalue weighted by atomic mass is 16.5. The quantitative estimate of drug-likeness (QED) is 0.522. The number of aromatic nitrogens is 2. The maximum Gasteiger partial charge on any atom is 0.272 e. The van der Waals surface area contributed by atoms with E-state index >= 15 is 0 Å². The minimum Gasteiger partial charge on any atom is -0.456 e. The van der Waals surface area contributed by atoms with Crippen LogP contribution < -0.4 is 10.3 Å². The molecular weight excluding hydrogens is 350 g/mol. The number of likely N-dealkylation sites (tertiary alicyclic amines) is 1. The Morgan fingerprint density at radius 1 is 1.04 bits per heavy atom. The fourth-order valence-corrected chi connectivity index (χ4v) is 4.44. The third-order valence-electron chi connectivity index (χ3n) is 5.93. The van der Waals surface area contributed by atoms with Crippen molar-refractivity contribution in [1.29, 1.82) is 0 Å². The van der Waals surface area contributed by atoms with Crippen LogP contribution >= 0.6 is 0 Å². The first-order chi connectivity index (χ1) is 13.8. The molecule has 5 nitrogen and oxygen atoms in total. The van der Waals surface area contributed by atoms with E-state index in [9.17, 15) is 4.79 Å². The van der Waals surface area contributed by atoms with Crippen LogP contribution in [0, 0.1) is 0 Å². The normalized spacial score (nSPS) is 16.0. The van der Waals surface area contributed by atoms with Gasteiger partial charge in [0.15, 0.2) is 0 Å². The number of nitrogens with one attached hydrogen (secondary N) is 1. The van der Waals surface area contributed by atoms with Crippen LogP contribution in [0.25, 0.3) is 22.0 Å². The lowest BCUT2D eigenvalue weighted by Gasteiger charge is -2.26. The van der Waals surface area contributed by atoms with Crippen LogP contribution in [0.3, 0.4) is 0 Å². The fourth-order valence-electron chi connectivity index (χ4n) is 4.44. The smallest absolute Gasteiger partial charge is 0.272 e. The van der Waals surface area contributed by atoms with Gasteiger partial charge in [-0.2, -0.15) is 5.10 Å². The van der Waals surface area contributed by atoms with Gasteiger partial charge in [0.2, 0.25) is 0 Å². The number of rotatable bonds is 5. The highest BCUT2D eigenvalue weighted by Crippen LogP contribution is 2.44. The number of H-pyrrole nitrogens is 1. The zero-order chi connectivity index (χ0) is 18.9. The fraction of sp³-hybridized carbons (Fsp3) is 0.391. The predicted molar refractivity (Wildman–Crippen MR) is 111 cm³/mol. The number of hydrogen-bond acceptors (Lipinski definition) is 4. The minimum atomic E-state index is -0.179. The highest BCUT2D eigenvalue weighted by molar-refractivity contribution is 6.01. The molecule has 2 aliphatic rings. The maximum atomic E-state index is 12.1. The first kappa shape index (κ1) is 17.4. The van der Waals surface area contributed by atoms with Crippen molar-refractivity contribution < 1.29 is 4.74 Å². The van der Waals surface area contributed by atoms with Gasteiger partial charge in [0, 0.05) is 5.56 Å². The monoisotopic (exact) mass is 375 g/mol. The topological polar surface area (TPSA) is 58.2 Å². The van der Waals surface area contributed by atoms with Gasteiger partial charge in [-0.3, -0.25) is 4.79 Å². The lowest BCUT2D eigenvalue weighted by molar-refractivity contribution is 0.225. The number of benzene rings is 2. The molecule has 3 aromatic rings. The summed E-state index contributed by atoms with van der Waals surface area (Å²) in [5.74, 6) is 1.50. The van der Waals surface area contributed by atoms with Crippen molar-refractivity contribution in [2.75, 3.05) is 19.6 Å². The van der Waals surface area contributed by atoms with Crippen molar-refractivity contribution >= 4 is 10.8 Å². The van der Waals surface area contributed by atoms with E-state index in [-0.39, 0.29) is 5.56 Å². The Bertz CT molecular complexity index is 1070. The molecule has 2 aromatic carbocycles. The van der Waals surface area contributed by atoms with Crippen molar-refractivity contribution in [1.82, 2.24) is 15.1 Å². The SMILES string of the molecule is O=c1[nH]nc2c3c(cccc13)Oc1ccc(CCCCN3CCCCC3)cc1-2. The zero-order valence-electron chi connectivity index (χ0n) is 16.0. The third kappa shape index (κ3) is 3.20. The van der Waals surface area contributed by atoms with Gasteiger partial charge < -0.3 is 9.64 Å². The van der Waals surface area contributed by atoms with Gasteiger partial charge in [0.1, 0.15) is 17.2 Å². The molecule has 5 rings (SSSR count). The molecule has 0 unspecified atom stereocenters. The van der Waals surface area contributed by atoms with Crippen LogP contribution in [-0.2, 0) is 6.42 Å². The Hall–Kier alpha value is -2.66. The van der Waals surface area contributed by atoms with Gasteiger partial charge >= 0.3 is 0 Å². The van der Waals surface area contributed by atoms with E-state index in [0.717, 1.165) is 28.8 Å². The Kier molecular flexibility index (Phi) is 4.61. The van der Waals surface area contributed by atoms with Crippen molar-refractivity contribution in [2.24, 2.45) is 0 Å². The Morgan fingerprint density at radius 3 is 2.82 bits per heavy atom. The largest absolute Gasteiger partial charge is 0.456 e. The Morgan fingerprint density at radius 2 is 1.93 bits per heavy atom. The van der Waals surface area contributed by atoms with Gasteiger partial charge in [-0.15, -0.1) is 0 Å². The number of unbranched alkanes of at least 4 members (excludes halogenated alkanes) is 1. The number of ether oxygens (including phenoxy) is 1. The molecule has 28 heavy (non-hydrogen) atoms. The van der Waals surface area contributed by atoms with E-state index in [2.05, 4.69) is 27.2 Å². The third-order valence-corrected chi connectivity index (χ3v) is 5.93. The molecule has 5 heteroatoms. The number of piperidine rings is 1. The second-order valence-electron chi connectivity index (χ2n) is 7.87. The van der Waals surface area contributed by atoms with Gasteiger partial charge in [0.05, 0.1) is 10.8 Å². The van der Waals surface area contributed by atoms with Crippen molar-refractivity contribution in [3.05, 3.63) is 52.3 Å². The van der Waals surface area contributed by atoms with Crippen molar-refractivity contribution in [2.45, 2.75) is 38.5 Å². The molecule has 1 aromatic heterocycles. The van der Waals surface area contributed by atoms with E-state index in [4.69, 9.17) is 4.74 Å². The van der Waals surface area contributed by atoms with Crippen LogP contribution in [-0.4, -0.2) is 34.7 Å². The molecule has 0 saturated carbocycles. The molecule has 144 valence electrons. The molecule has 0 spiro atoms. The number of hydrogen-bond donors (Lipinski definition) is 1. The van der Waals surface area contributed by atoms with E-state index in [0.29, 0.717) is 11.1 Å². The zero-order valence-corrected chi connectivity index (χ0v) is 16.0. The molecule has 2 aliphatic heterocycles. The van der Waals surface area contributed by atoms with Gasteiger partial charge in [-0.25, -0.2) is 5.10 Å². The molecule has 1 fully saturated rings. The summed E-state index contributed by atoms with van der Waals surface area (Å²) >= 11 is 0. The predicted octanol–water partition coefficient (Wildman–Crippen LogP) is 4.50. The molecule has 1 saturated heterocycles. The summed E-state index contributed by atoms with van der Waals surface area (Å²) in [6.45, 7) is 3.75. The van der Waals surface area contributed by atoms with Crippen LogP contribution in [0.2, 0.25) is 0 Å². The molecule has 1 N–H and O–H groups in total. The van der Waals surface area contributed by atoms with Crippen LogP contribution in [0.4, 0.5) is 0 Å². The minimum absolute atomic E-state index is 0.179. The van der Waals surface area contributed by atoms with Crippen molar-refractivity contribution in [3.8, 4) is 22.8 Å². The summed E-state index contributed by atoms with van der Waals surface area (Å²) in [4.78, 5) is 14.7. The van der Waals surface area contributed by atoms with Crippen LogP contribution in [0.15, 0.2) is 41.2 Å². The first-order valence-corrected chi connectivity index (χ1v) is 10.3. The molecule has 0 aliphatic carbocycles. The van der Waals surface area contributed by atoms with E-state index < -0.39 is 0 Å². The Balaban J connectivity index is 1.35. The van der Waals surface area contributed by atoms with E-state index in [1.54, 1.807) is 0 Å². The average molecular weight is 375 g/mol.